The van der Waals surface area contributed by atoms with Crippen molar-refractivity contribution in [1.29, 1.82) is 0 Å². The molecule has 3 nitrogen and oxygen atoms in total. The number of amides is 1. The van der Waals surface area contributed by atoms with Gasteiger partial charge in [-0.05, 0) is 79.5 Å². The van der Waals surface area contributed by atoms with Gasteiger partial charge in [0.2, 0.25) is 0 Å². The first-order chi connectivity index (χ1) is 14.8. The highest BCUT2D eigenvalue weighted by Gasteiger charge is 2.31. The lowest BCUT2D eigenvalue weighted by Crippen LogP contribution is -2.43. The summed E-state index contributed by atoms with van der Waals surface area (Å²) >= 11 is -0.120. The minimum atomic E-state index is -4.29. The van der Waals surface area contributed by atoms with E-state index >= 15 is 0 Å². The quantitative estimate of drug-likeness (QED) is 0.441. The van der Waals surface area contributed by atoms with Gasteiger partial charge in [-0.1, -0.05) is 38.1 Å². The van der Waals surface area contributed by atoms with Crippen molar-refractivity contribution in [3.8, 4) is 11.1 Å². The third kappa shape index (κ3) is 6.50. The Labute approximate surface area is 186 Å². The van der Waals surface area contributed by atoms with Crippen molar-refractivity contribution >= 4 is 17.7 Å². The van der Waals surface area contributed by atoms with E-state index in [2.05, 4.69) is 18.7 Å². The Morgan fingerprint density at radius 2 is 1.68 bits per heavy atom. The number of rotatable bonds is 8. The van der Waals surface area contributed by atoms with Crippen LogP contribution in [0.5, 0.6) is 0 Å². The van der Waals surface area contributed by atoms with Crippen LogP contribution in [0.4, 0.5) is 13.2 Å². The summed E-state index contributed by atoms with van der Waals surface area (Å²) in [5.41, 5.74) is -1.94. The molecule has 3 rings (SSSR count). The summed E-state index contributed by atoms with van der Waals surface area (Å²) < 4.78 is 37.5. The molecule has 0 saturated carbocycles. The van der Waals surface area contributed by atoms with Crippen LogP contribution in [0.1, 0.15) is 43.5 Å². The zero-order valence-corrected chi connectivity index (χ0v) is 18.8. The Hall–Kier alpha value is -1.99. The molecule has 2 aromatic rings. The molecule has 0 aliphatic carbocycles. The van der Waals surface area contributed by atoms with Gasteiger partial charge < -0.3 is 9.80 Å². The molecule has 0 aromatic heterocycles. The minimum absolute atomic E-state index is 0.0542. The van der Waals surface area contributed by atoms with E-state index in [9.17, 15) is 18.0 Å². The summed E-state index contributed by atoms with van der Waals surface area (Å²) in [6.45, 7) is 8.06. The highest BCUT2D eigenvalue weighted by atomic mass is 32.2. The summed E-state index contributed by atoms with van der Waals surface area (Å²) in [5, 5.41) is 0. The average molecular weight is 451 g/mol. The van der Waals surface area contributed by atoms with Gasteiger partial charge in [0.1, 0.15) is 0 Å². The number of likely N-dealkylation sites (tertiary alicyclic amines) is 1. The molecule has 1 aliphatic rings. The Kier molecular flexibility index (Phi) is 8.06. The van der Waals surface area contributed by atoms with Gasteiger partial charge in [0, 0.05) is 29.6 Å². The second kappa shape index (κ2) is 10.6. The van der Waals surface area contributed by atoms with Crippen molar-refractivity contribution in [2.24, 2.45) is 0 Å². The topological polar surface area (TPSA) is 23.6 Å². The molecule has 0 radical (unpaired) electrons. The molecule has 168 valence electrons. The number of benzene rings is 2. The molecule has 1 saturated heterocycles. The predicted octanol–water partition coefficient (Wildman–Crippen LogP) is 6.30. The smallest absolute Gasteiger partial charge is 0.334 e. The zero-order chi connectivity index (χ0) is 22.4. The summed E-state index contributed by atoms with van der Waals surface area (Å²) in [6, 6.07) is 13.9. The molecular formula is C24H29F3N2OS. The van der Waals surface area contributed by atoms with Crippen LogP contribution in [0.25, 0.3) is 11.1 Å². The van der Waals surface area contributed by atoms with Crippen molar-refractivity contribution in [1.82, 2.24) is 9.80 Å². The summed E-state index contributed by atoms with van der Waals surface area (Å²) in [6.07, 6.45) is 3.17. The molecule has 1 atom stereocenters. The van der Waals surface area contributed by atoms with E-state index in [1.165, 1.54) is 12.1 Å². The Bertz CT molecular complexity index is 853. The number of hydrogen-bond donors (Lipinski definition) is 0. The molecule has 1 aliphatic heterocycles. The third-order valence-electron chi connectivity index (χ3n) is 5.65. The van der Waals surface area contributed by atoms with Gasteiger partial charge in [0.05, 0.1) is 0 Å². The van der Waals surface area contributed by atoms with Crippen molar-refractivity contribution in [2.45, 2.75) is 49.6 Å². The van der Waals surface area contributed by atoms with Crippen LogP contribution in [-0.4, -0.2) is 53.4 Å². The Balaban J connectivity index is 1.67. The van der Waals surface area contributed by atoms with E-state index in [0.29, 0.717) is 5.56 Å². The third-order valence-corrected chi connectivity index (χ3v) is 6.39. The summed E-state index contributed by atoms with van der Waals surface area (Å²) in [5.74, 6) is 0.0542. The van der Waals surface area contributed by atoms with Crippen LogP contribution in [0, 0.1) is 0 Å². The van der Waals surface area contributed by atoms with Crippen LogP contribution in [0.2, 0.25) is 0 Å². The van der Waals surface area contributed by atoms with Crippen LogP contribution in [0.3, 0.4) is 0 Å². The minimum Gasteiger partial charge on any atom is -0.334 e. The SMILES string of the molecule is CCCN(CC)C[C@@H]1CCCN1C(=O)c1ccc(-c2ccc(SC(F)(F)F)cc2)cc1. The molecule has 0 bridgehead atoms. The fourth-order valence-corrected chi connectivity index (χ4v) is 4.65. The van der Waals surface area contributed by atoms with Crippen molar-refractivity contribution in [2.75, 3.05) is 26.2 Å². The van der Waals surface area contributed by atoms with Crippen LogP contribution in [0.15, 0.2) is 53.4 Å². The highest BCUT2D eigenvalue weighted by Crippen LogP contribution is 2.37. The molecule has 1 fully saturated rings. The van der Waals surface area contributed by atoms with E-state index < -0.39 is 5.51 Å². The first kappa shape index (κ1) is 23.7. The molecule has 31 heavy (non-hydrogen) atoms. The standard InChI is InChI=1S/C24H29F3N2OS/c1-3-15-28(4-2)17-21-6-5-16-29(21)23(30)20-9-7-18(8-10-20)19-11-13-22(14-12-19)31-24(25,26)27/h7-14,21H,3-6,15-17H2,1-2H3/t21-/m0/s1. The van der Waals surface area contributed by atoms with Crippen molar-refractivity contribution in [3.05, 3.63) is 54.1 Å². The number of thioether (sulfide) groups is 1. The number of nitrogens with zero attached hydrogens (tertiary/aromatic N) is 2. The van der Waals surface area contributed by atoms with Gasteiger partial charge in [0.15, 0.2) is 0 Å². The van der Waals surface area contributed by atoms with Crippen LogP contribution < -0.4 is 0 Å². The second-order valence-electron chi connectivity index (χ2n) is 7.84. The van der Waals surface area contributed by atoms with E-state index in [4.69, 9.17) is 0 Å². The number of carbonyl (C=O) groups excluding carboxylic acids is 1. The predicted molar refractivity (Wildman–Crippen MR) is 120 cm³/mol. The van der Waals surface area contributed by atoms with Crippen molar-refractivity contribution < 1.29 is 18.0 Å². The molecule has 0 spiro atoms. The maximum atomic E-state index is 13.1. The average Bonchev–Trinajstić information content (AvgIpc) is 3.20. The lowest BCUT2D eigenvalue weighted by Gasteiger charge is -2.30. The summed E-state index contributed by atoms with van der Waals surface area (Å²) in [4.78, 5) is 17.7. The van der Waals surface area contributed by atoms with Crippen LogP contribution in [-0.2, 0) is 0 Å². The lowest BCUT2D eigenvalue weighted by atomic mass is 10.0. The molecule has 0 N–H and O–H groups in total. The maximum absolute atomic E-state index is 13.1. The van der Waals surface area contributed by atoms with E-state index in [0.717, 1.165) is 56.6 Å². The van der Waals surface area contributed by atoms with E-state index in [1.54, 1.807) is 12.1 Å². The first-order valence-corrected chi connectivity index (χ1v) is 11.6. The zero-order valence-electron chi connectivity index (χ0n) is 18.0. The Morgan fingerprint density at radius 3 is 2.23 bits per heavy atom. The monoisotopic (exact) mass is 450 g/mol. The second-order valence-corrected chi connectivity index (χ2v) is 8.98. The van der Waals surface area contributed by atoms with Gasteiger partial charge >= 0.3 is 5.51 Å². The molecule has 7 heteroatoms. The molecule has 1 amide bonds. The fourth-order valence-electron chi connectivity index (χ4n) is 4.11. The number of likely N-dealkylation sites (N-methyl/N-ethyl adjacent to an activating group) is 1. The maximum Gasteiger partial charge on any atom is 0.446 e. The fraction of sp³-hybridized carbons (Fsp3) is 0.458. The molecular weight excluding hydrogens is 421 g/mol. The molecule has 2 aromatic carbocycles. The summed E-state index contributed by atoms with van der Waals surface area (Å²) in [7, 11) is 0. The lowest BCUT2D eigenvalue weighted by molar-refractivity contribution is -0.0328. The van der Waals surface area contributed by atoms with Gasteiger partial charge in [-0.25, -0.2) is 0 Å². The van der Waals surface area contributed by atoms with E-state index in [1.807, 2.05) is 29.2 Å². The normalized spacial score (nSPS) is 16.8. The van der Waals surface area contributed by atoms with E-state index in [-0.39, 0.29) is 28.6 Å². The van der Waals surface area contributed by atoms with Crippen LogP contribution >= 0.6 is 11.8 Å². The van der Waals surface area contributed by atoms with Gasteiger partial charge in [0.25, 0.3) is 5.91 Å². The Morgan fingerprint density at radius 1 is 1.06 bits per heavy atom. The first-order valence-electron chi connectivity index (χ1n) is 10.8. The highest BCUT2D eigenvalue weighted by molar-refractivity contribution is 8.00. The molecule has 0 unspecified atom stereocenters. The number of alkyl halides is 3. The number of hydrogen-bond acceptors (Lipinski definition) is 3. The van der Waals surface area contributed by atoms with Crippen molar-refractivity contribution in [3.63, 3.8) is 0 Å². The van der Waals surface area contributed by atoms with Gasteiger partial charge in [-0.15, -0.1) is 0 Å². The van der Waals surface area contributed by atoms with Gasteiger partial charge in [-0.2, -0.15) is 13.2 Å². The molecule has 1 heterocycles. The number of halogens is 3. The van der Waals surface area contributed by atoms with Gasteiger partial charge in [-0.3, -0.25) is 4.79 Å². The number of carbonyl (C=O) groups is 1. The largest absolute Gasteiger partial charge is 0.446 e.